The summed E-state index contributed by atoms with van der Waals surface area (Å²) in [7, 11) is 1.63. The number of aliphatic carboxylic acids is 1. The van der Waals surface area contributed by atoms with Gasteiger partial charge < -0.3 is 14.8 Å². The highest BCUT2D eigenvalue weighted by atomic mass is 16.5. The maximum Gasteiger partial charge on any atom is 0.321 e. The fraction of sp³-hybridized carbons (Fsp3) is 0.174. The Morgan fingerprint density at radius 2 is 1.82 bits per heavy atom. The quantitative estimate of drug-likeness (QED) is 0.455. The summed E-state index contributed by atoms with van der Waals surface area (Å²) in [6.07, 6.45) is 2.28. The zero-order valence-electron chi connectivity index (χ0n) is 15.6. The highest BCUT2D eigenvalue weighted by Crippen LogP contribution is 2.28. The molecule has 0 radical (unpaired) electrons. The van der Waals surface area contributed by atoms with Crippen molar-refractivity contribution >= 4 is 27.6 Å². The SMILES string of the molecule is COc1ccc2ccccc2c1CNC(Cc1c[nH]c2ccccc12)C(=O)O. The van der Waals surface area contributed by atoms with Crippen LogP contribution in [0, 0.1) is 0 Å². The summed E-state index contributed by atoms with van der Waals surface area (Å²) >= 11 is 0. The van der Waals surface area contributed by atoms with E-state index in [9.17, 15) is 9.90 Å². The average molecular weight is 374 g/mol. The van der Waals surface area contributed by atoms with Crippen molar-refractivity contribution in [2.45, 2.75) is 19.0 Å². The molecule has 0 fully saturated rings. The molecule has 1 aromatic heterocycles. The zero-order chi connectivity index (χ0) is 19.5. The first kappa shape index (κ1) is 18.1. The molecular formula is C23H22N2O3. The molecule has 4 aromatic rings. The van der Waals surface area contributed by atoms with Gasteiger partial charge in [0.25, 0.3) is 0 Å². The van der Waals surface area contributed by atoms with Crippen molar-refractivity contribution in [3.63, 3.8) is 0 Å². The van der Waals surface area contributed by atoms with Crippen molar-refractivity contribution in [3.8, 4) is 5.75 Å². The minimum absolute atomic E-state index is 0.395. The normalized spacial score (nSPS) is 12.3. The molecular weight excluding hydrogens is 352 g/mol. The molecule has 0 bridgehead atoms. The third-order valence-electron chi connectivity index (χ3n) is 5.14. The number of carboxylic acid groups (broad SMARTS) is 1. The molecule has 5 heteroatoms. The van der Waals surface area contributed by atoms with Gasteiger partial charge in [-0.05, 0) is 28.5 Å². The Bertz CT molecular complexity index is 1130. The number of benzene rings is 3. The van der Waals surface area contributed by atoms with E-state index in [1.54, 1.807) is 7.11 Å². The highest BCUT2D eigenvalue weighted by molar-refractivity contribution is 5.88. The molecule has 4 rings (SSSR count). The molecule has 1 unspecified atom stereocenters. The number of aromatic nitrogens is 1. The second kappa shape index (κ2) is 7.74. The highest BCUT2D eigenvalue weighted by Gasteiger charge is 2.20. The van der Waals surface area contributed by atoms with Crippen molar-refractivity contribution in [2.24, 2.45) is 0 Å². The number of para-hydroxylation sites is 1. The smallest absolute Gasteiger partial charge is 0.321 e. The number of rotatable bonds is 7. The minimum Gasteiger partial charge on any atom is -0.496 e. The van der Waals surface area contributed by atoms with Crippen molar-refractivity contribution in [3.05, 3.63) is 78.0 Å². The topological polar surface area (TPSA) is 74.3 Å². The van der Waals surface area contributed by atoms with Crippen molar-refractivity contribution in [2.75, 3.05) is 7.11 Å². The van der Waals surface area contributed by atoms with E-state index in [2.05, 4.69) is 10.3 Å². The number of hydrogen-bond donors (Lipinski definition) is 3. The maximum atomic E-state index is 11.9. The van der Waals surface area contributed by atoms with Gasteiger partial charge in [0.2, 0.25) is 0 Å². The minimum atomic E-state index is -0.871. The monoisotopic (exact) mass is 374 g/mol. The molecule has 1 atom stereocenters. The number of carboxylic acids is 1. The van der Waals surface area contributed by atoms with Gasteiger partial charge in [-0.1, -0.05) is 48.5 Å². The molecule has 0 amide bonds. The van der Waals surface area contributed by atoms with Crippen molar-refractivity contribution in [1.82, 2.24) is 10.3 Å². The maximum absolute atomic E-state index is 11.9. The van der Waals surface area contributed by atoms with Gasteiger partial charge in [-0.2, -0.15) is 0 Å². The fourth-order valence-corrected chi connectivity index (χ4v) is 3.68. The first-order chi connectivity index (χ1) is 13.7. The first-order valence-corrected chi connectivity index (χ1v) is 9.23. The van der Waals surface area contributed by atoms with Crippen LogP contribution in [0.4, 0.5) is 0 Å². The van der Waals surface area contributed by atoms with Crippen LogP contribution in [-0.4, -0.2) is 29.2 Å². The number of H-pyrrole nitrogens is 1. The van der Waals surface area contributed by atoms with Crippen LogP contribution in [0.3, 0.4) is 0 Å². The standard InChI is InChI=1S/C23H22N2O3/c1-28-22-11-10-15-6-2-3-7-17(15)19(22)14-25-21(23(26)27)12-16-13-24-20-9-5-4-8-18(16)20/h2-11,13,21,24-25H,12,14H2,1H3,(H,26,27). The van der Waals surface area contributed by atoms with Crippen LogP contribution in [-0.2, 0) is 17.8 Å². The second-order valence-electron chi connectivity index (χ2n) is 6.80. The van der Waals surface area contributed by atoms with Gasteiger partial charge in [0.05, 0.1) is 7.11 Å². The van der Waals surface area contributed by atoms with E-state index in [1.807, 2.05) is 66.9 Å². The predicted octanol–water partition coefficient (Wildman–Crippen LogP) is 4.12. The lowest BCUT2D eigenvalue weighted by molar-refractivity contribution is -0.139. The number of methoxy groups -OCH3 is 1. The molecule has 0 spiro atoms. The van der Waals surface area contributed by atoms with E-state index < -0.39 is 12.0 Å². The van der Waals surface area contributed by atoms with E-state index in [4.69, 9.17) is 4.74 Å². The Kier molecular flexibility index (Phi) is 5.00. The van der Waals surface area contributed by atoms with E-state index in [0.717, 1.165) is 38.6 Å². The predicted molar refractivity (Wildman–Crippen MR) is 111 cm³/mol. The Morgan fingerprint density at radius 3 is 2.61 bits per heavy atom. The molecule has 28 heavy (non-hydrogen) atoms. The number of carbonyl (C=O) groups is 1. The molecule has 3 N–H and O–H groups in total. The van der Waals surface area contributed by atoms with E-state index in [-0.39, 0.29) is 0 Å². The number of ether oxygens (including phenoxy) is 1. The van der Waals surface area contributed by atoms with E-state index in [0.29, 0.717) is 13.0 Å². The lowest BCUT2D eigenvalue weighted by Gasteiger charge is -2.17. The van der Waals surface area contributed by atoms with Crippen LogP contribution < -0.4 is 10.1 Å². The molecule has 0 saturated heterocycles. The Balaban J connectivity index is 1.60. The van der Waals surface area contributed by atoms with Gasteiger partial charge in [0.1, 0.15) is 11.8 Å². The van der Waals surface area contributed by atoms with Crippen LogP contribution >= 0.6 is 0 Å². The van der Waals surface area contributed by atoms with Gasteiger partial charge in [0.15, 0.2) is 0 Å². The van der Waals surface area contributed by atoms with E-state index in [1.165, 1.54) is 0 Å². The van der Waals surface area contributed by atoms with Crippen LogP contribution in [0.5, 0.6) is 5.75 Å². The summed E-state index contributed by atoms with van der Waals surface area (Å²) in [5.74, 6) is -0.119. The molecule has 0 saturated carbocycles. The van der Waals surface area contributed by atoms with Gasteiger partial charge in [-0.3, -0.25) is 10.1 Å². The molecule has 3 aromatic carbocycles. The number of aromatic amines is 1. The molecule has 0 aliphatic heterocycles. The molecule has 142 valence electrons. The lowest BCUT2D eigenvalue weighted by Crippen LogP contribution is -2.38. The zero-order valence-corrected chi connectivity index (χ0v) is 15.6. The van der Waals surface area contributed by atoms with Crippen LogP contribution in [0.1, 0.15) is 11.1 Å². The van der Waals surface area contributed by atoms with Crippen LogP contribution in [0.25, 0.3) is 21.7 Å². The number of hydrogen-bond acceptors (Lipinski definition) is 3. The summed E-state index contributed by atoms with van der Waals surface area (Å²) in [6.45, 7) is 0.407. The largest absolute Gasteiger partial charge is 0.496 e. The van der Waals surface area contributed by atoms with Crippen LogP contribution in [0.15, 0.2) is 66.9 Å². The van der Waals surface area contributed by atoms with Gasteiger partial charge in [-0.15, -0.1) is 0 Å². The van der Waals surface area contributed by atoms with Gasteiger partial charge >= 0.3 is 5.97 Å². The number of fused-ring (bicyclic) bond motifs is 2. The molecule has 0 aliphatic rings. The third kappa shape index (κ3) is 3.44. The van der Waals surface area contributed by atoms with Crippen LogP contribution in [0.2, 0.25) is 0 Å². The summed E-state index contributed by atoms with van der Waals surface area (Å²) in [5, 5.41) is 16.2. The first-order valence-electron chi connectivity index (χ1n) is 9.23. The summed E-state index contributed by atoms with van der Waals surface area (Å²) in [6, 6.07) is 19.2. The lowest BCUT2D eigenvalue weighted by atomic mass is 10.0. The van der Waals surface area contributed by atoms with Gasteiger partial charge in [0, 0.05) is 35.6 Å². The van der Waals surface area contributed by atoms with Crippen molar-refractivity contribution in [1.29, 1.82) is 0 Å². The Morgan fingerprint density at radius 1 is 1.07 bits per heavy atom. The summed E-state index contributed by atoms with van der Waals surface area (Å²) < 4.78 is 5.52. The summed E-state index contributed by atoms with van der Waals surface area (Å²) in [5.41, 5.74) is 2.96. The third-order valence-corrected chi connectivity index (χ3v) is 5.14. The molecule has 1 heterocycles. The molecule has 5 nitrogen and oxygen atoms in total. The Hall–Kier alpha value is -3.31. The fourth-order valence-electron chi connectivity index (χ4n) is 3.68. The molecule has 0 aliphatic carbocycles. The second-order valence-corrected chi connectivity index (χ2v) is 6.80. The summed E-state index contributed by atoms with van der Waals surface area (Å²) in [4.78, 5) is 15.1. The van der Waals surface area contributed by atoms with Gasteiger partial charge in [-0.25, -0.2) is 0 Å². The van der Waals surface area contributed by atoms with Crippen molar-refractivity contribution < 1.29 is 14.6 Å². The Labute approximate surface area is 163 Å². The number of nitrogens with one attached hydrogen (secondary N) is 2. The van der Waals surface area contributed by atoms with E-state index >= 15 is 0 Å². The average Bonchev–Trinajstić information content (AvgIpc) is 3.13.